The van der Waals surface area contributed by atoms with E-state index < -0.39 is 18.5 Å². The van der Waals surface area contributed by atoms with Crippen LogP contribution in [0.3, 0.4) is 0 Å². The number of nitrogens with one attached hydrogen (secondary N) is 2. The number of carbonyl (C=O) groups is 3. The highest BCUT2D eigenvalue weighted by molar-refractivity contribution is 6.33. The number of halogens is 2. The molecule has 8 heteroatoms. The van der Waals surface area contributed by atoms with Gasteiger partial charge in [-0.3, -0.25) is 14.4 Å². The van der Waals surface area contributed by atoms with Gasteiger partial charge >= 0.3 is 5.97 Å². The van der Waals surface area contributed by atoms with Crippen LogP contribution in [0, 0.1) is 6.92 Å². The van der Waals surface area contributed by atoms with E-state index in [9.17, 15) is 14.4 Å². The van der Waals surface area contributed by atoms with E-state index in [2.05, 4.69) is 10.6 Å². The minimum Gasteiger partial charge on any atom is -0.456 e. The van der Waals surface area contributed by atoms with Gasteiger partial charge in [0.2, 0.25) is 5.91 Å². The third-order valence-corrected chi connectivity index (χ3v) is 4.58. The number of amides is 2. The first-order chi connectivity index (χ1) is 13.4. The number of benzene rings is 2. The van der Waals surface area contributed by atoms with Crippen LogP contribution in [-0.2, 0) is 19.1 Å². The summed E-state index contributed by atoms with van der Waals surface area (Å²) in [6, 6.07) is 12.0. The predicted octanol–water partition coefficient (Wildman–Crippen LogP) is 4.59. The number of anilines is 2. The first-order valence-corrected chi connectivity index (χ1v) is 9.37. The van der Waals surface area contributed by atoms with Gasteiger partial charge in [-0.2, -0.15) is 0 Å². The molecule has 0 saturated carbocycles. The highest BCUT2D eigenvalue weighted by Crippen LogP contribution is 2.23. The minimum absolute atomic E-state index is 0.0272. The number of hydrogen-bond donors (Lipinski definition) is 2. The standard InChI is InChI=1S/C20H20Cl2N2O4/c1-13-14(21)7-4-9-16(13)23-19(26)12-28-20(27)11-5-10-18(25)24-17-8-3-2-6-15(17)22/h2-4,6-9H,5,10-12H2,1H3,(H,23,26)(H,24,25). The lowest BCUT2D eigenvalue weighted by Gasteiger charge is -2.10. The molecule has 6 nitrogen and oxygen atoms in total. The average Bonchev–Trinajstić information content (AvgIpc) is 2.66. The second kappa shape index (κ2) is 10.7. The fourth-order valence-corrected chi connectivity index (χ4v) is 2.67. The van der Waals surface area contributed by atoms with E-state index in [0.717, 1.165) is 5.56 Å². The van der Waals surface area contributed by atoms with Gasteiger partial charge in [0.1, 0.15) is 0 Å². The van der Waals surface area contributed by atoms with E-state index in [1.807, 2.05) is 0 Å². The summed E-state index contributed by atoms with van der Waals surface area (Å²) in [4.78, 5) is 35.5. The van der Waals surface area contributed by atoms with Gasteiger partial charge in [0.15, 0.2) is 6.61 Å². The molecule has 0 atom stereocenters. The summed E-state index contributed by atoms with van der Waals surface area (Å²) in [7, 11) is 0. The Hall–Kier alpha value is -2.57. The summed E-state index contributed by atoms with van der Waals surface area (Å²) in [5.41, 5.74) is 1.81. The number of hydrogen-bond acceptors (Lipinski definition) is 4. The van der Waals surface area contributed by atoms with Crippen molar-refractivity contribution in [2.24, 2.45) is 0 Å². The molecule has 2 amide bonds. The zero-order chi connectivity index (χ0) is 20.5. The van der Waals surface area contributed by atoms with Crippen molar-refractivity contribution in [3.8, 4) is 0 Å². The van der Waals surface area contributed by atoms with Crippen LogP contribution < -0.4 is 10.6 Å². The van der Waals surface area contributed by atoms with Gasteiger partial charge in [0.25, 0.3) is 5.91 Å². The van der Waals surface area contributed by atoms with Crippen LogP contribution in [0.5, 0.6) is 0 Å². The first-order valence-electron chi connectivity index (χ1n) is 8.62. The fraction of sp³-hybridized carbons (Fsp3) is 0.250. The maximum atomic E-state index is 11.9. The monoisotopic (exact) mass is 422 g/mol. The summed E-state index contributed by atoms with van der Waals surface area (Å²) in [6.45, 7) is 1.37. The Labute approximate surface area is 173 Å². The molecule has 0 aliphatic heterocycles. The molecule has 2 rings (SSSR count). The third kappa shape index (κ3) is 6.87. The van der Waals surface area contributed by atoms with Gasteiger partial charge in [-0.25, -0.2) is 0 Å². The van der Waals surface area contributed by atoms with Gasteiger partial charge in [0.05, 0.1) is 10.7 Å². The molecule has 0 saturated heterocycles. The van der Waals surface area contributed by atoms with Crippen molar-refractivity contribution in [1.29, 1.82) is 0 Å². The zero-order valence-corrected chi connectivity index (χ0v) is 16.8. The van der Waals surface area contributed by atoms with Crippen molar-refractivity contribution in [2.75, 3.05) is 17.2 Å². The molecule has 0 radical (unpaired) electrons. The van der Waals surface area contributed by atoms with Crippen molar-refractivity contribution in [2.45, 2.75) is 26.2 Å². The van der Waals surface area contributed by atoms with Gasteiger partial charge in [-0.15, -0.1) is 0 Å². The van der Waals surface area contributed by atoms with Crippen molar-refractivity contribution >= 4 is 52.4 Å². The highest BCUT2D eigenvalue weighted by atomic mass is 35.5. The van der Waals surface area contributed by atoms with Gasteiger partial charge in [0, 0.05) is 23.6 Å². The summed E-state index contributed by atoms with van der Waals surface area (Å²) < 4.78 is 4.93. The molecule has 0 fully saturated rings. The summed E-state index contributed by atoms with van der Waals surface area (Å²) in [5, 5.41) is 6.28. The largest absolute Gasteiger partial charge is 0.456 e. The minimum atomic E-state index is -0.552. The molecule has 2 aromatic rings. The normalized spacial score (nSPS) is 10.2. The molecule has 0 aliphatic rings. The number of carbonyl (C=O) groups excluding carboxylic acids is 3. The number of esters is 1. The van der Waals surface area contributed by atoms with E-state index >= 15 is 0 Å². The molecular formula is C20H20Cl2N2O4. The van der Waals surface area contributed by atoms with Crippen molar-refractivity contribution in [3.05, 3.63) is 58.1 Å². The highest BCUT2D eigenvalue weighted by Gasteiger charge is 2.11. The Kier molecular flexibility index (Phi) is 8.29. The summed E-state index contributed by atoms with van der Waals surface area (Å²) in [5.74, 6) is -1.27. The fourth-order valence-electron chi connectivity index (χ4n) is 2.32. The molecule has 0 aromatic heterocycles. The average molecular weight is 423 g/mol. The van der Waals surface area contributed by atoms with Crippen molar-refractivity contribution < 1.29 is 19.1 Å². The first kappa shape index (κ1) is 21.7. The summed E-state index contributed by atoms with van der Waals surface area (Å²) >= 11 is 12.0. The molecule has 0 unspecified atom stereocenters. The SMILES string of the molecule is Cc1c(Cl)cccc1NC(=O)COC(=O)CCCC(=O)Nc1ccccc1Cl. The van der Waals surface area contributed by atoms with E-state index in [4.69, 9.17) is 27.9 Å². The Balaban J connectivity index is 1.67. The molecule has 0 bridgehead atoms. The molecule has 0 heterocycles. The Bertz CT molecular complexity index is 871. The van der Waals surface area contributed by atoms with E-state index in [1.165, 1.54) is 0 Å². The van der Waals surface area contributed by atoms with Crippen molar-refractivity contribution in [1.82, 2.24) is 0 Å². The molecule has 2 N–H and O–H groups in total. The van der Waals surface area contributed by atoms with Crippen LogP contribution in [-0.4, -0.2) is 24.4 Å². The second-order valence-electron chi connectivity index (χ2n) is 6.00. The van der Waals surface area contributed by atoms with Crippen LogP contribution in [0.1, 0.15) is 24.8 Å². The number of para-hydroxylation sites is 1. The maximum Gasteiger partial charge on any atom is 0.306 e. The van der Waals surface area contributed by atoms with Gasteiger partial charge in [-0.1, -0.05) is 41.4 Å². The van der Waals surface area contributed by atoms with Crippen LogP contribution in [0.25, 0.3) is 0 Å². The molecule has 148 valence electrons. The van der Waals surface area contributed by atoms with Crippen LogP contribution in [0.2, 0.25) is 10.0 Å². The molecular weight excluding hydrogens is 403 g/mol. The van der Waals surface area contributed by atoms with E-state index in [-0.39, 0.29) is 18.7 Å². The zero-order valence-electron chi connectivity index (χ0n) is 15.3. The lowest BCUT2D eigenvalue weighted by molar-refractivity contribution is -0.147. The Morgan fingerprint density at radius 1 is 0.857 bits per heavy atom. The van der Waals surface area contributed by atoms with Gasteiger partial charge in [-0.05, 0) is 43.2 Å². The van der Waals surface area contributed by atoms with Crippen LogP contribution in [0.15, 0.2) is 42.5 Å². The van der Waals surface area contributed by atoms with E-state index in [0.29, 0.717) is 27.8 Å². The third-order valence-electron chi connectivity index (χ3n) is 3.84. The van der Waals surface area contributed by atoms with Gasteiger partial charge < -0.3 is 15.4 Å². The quantitative estimate of drug-likeness (QED) is 0.609. The molecule has 0 aliphatic carbocycles. The van der Waals surface area contributed by atoms with Crippen LogP contribution in [0.4, 0.5) is 11.4 Å². The molecule has 28 heavy (non-hydrogen) atoms. The second-order valence-corrected chi connectivity index (χ2v) is 6.82. The maximum absolute atomic E-state index is 11.9. The lowest BCUT2D eigenvalue weighted by atomic mass is 10.2. The number of ether oxygens (including phenoxy) is 1. The summed E-state index contributed by atoms with van der Waals surface area (Å²) in [6.07, 6.45) is 0.456. The number of rotatable bonds is 8. The predicted molar refractivity (Wildman–Crippen MR) is 110 cm³/mol. The Morgan fingerprint density at radius 3 is 2.25 bits per heavy atom. The molecule has 2 aromatic carbocycles. The van der Waals surface area contributed by atoms with Crippen molar-refractivity contribution in [3.63, 3.8) is 0 Å². The Morgan fingerprint density at radius 2 is 1.50 bits per heavy atom. The lowest BCUT2D eigenvalue weighted by Crippen LogP contribution is -2.21. The van der Waals surface area contributed by atoms with Crippen LogP contribution >= 0.6 is 23.2 Å². The topological polar surface area (TPSA) is 84.5 Å². The van der Waals surface area contributed by atoms with E-state index in [1.54, 1.807) is 49.4 Å². The smallest absolute Gasteiger partial charge is 0.306 e. The molecule has 0 spiro atoms.